The van der Waals surface area contributed by atoms with Crippen molar-refractivity contribution in [3.63, 3.8) is 0 Å². The van der Waals surface area contributed by atoms with Crippen molar-refractivity contribution in [1.29, 1.82) is 0 Å². The molecule has 0 aromatic heterocycles. The van der Waals surface area contributed by atoms with Crippen LogP contribution in [-0.4, -0.2) is 37.6 Å². The van der Waals surface area contributed by atoms with E-state index in [2.05, 4.69) is 16.0 Å². The summed E-state index contributed by atoms with van der Waals surface area (Å²) in [6, 6.07) is 0. The zero-order valence-electron chi connectivity index (χ0n) is 10.2. The van der Waals surface area contributed by atoms with Crippen molar-refractivity contribution < 1.29 is 23.8 Å². The molecule has 0 spiro atoms. The maximum atomic E-state index is 11.2. The molecule has 0 saturated heterocycles. The fourth-order valence-corrected chi connectivity index (χ4v) is 1.06. The number of rotatable bonds is 6. The zero-order valence-corrected chi connectivity index (χ0v) is 10.2. The fourth-order valence-electron chi connectivity index (χ4n) is 1.06. The van der Waals surface area contributed by atoms with Crippen molar-refractivity contribution in [2.45, 2.75) is 33.1 Å². The topological polar surface area (TPSA) is 73.9 Å². The van der Waals surface area contributed by atoms with Gasteiger partial charge in [0.25, 0.3) is 0 Å². The molecule has 6 nitrogen and oxygen atoms in total. The molecule has 2 atom stereocenters. The van der Waals surface area contributed by atoms with E-state index in [0.29, 0.717) is 6.61 Å². The molecular weight excluding hydrogens is 226 g/mol. The van der Waals surface area contributed by atoms with Gasteiger partial charge in [0.15, 0.2) is 12.8 Å². The lowest BCUT2D eigenvalue weighted by atomic mass is 10.3. The molecule has 0 aliphatic heterocycles. The van der Waals surface area contributed by atoms with E-state index in [0.717, 1.165) is 0 Å². The van der Waals surface area contributed by atoms with Gasteiger partial charge in [-0.2, -0.15) is 0 Å². The van der Waals surface area contributed by atoms with Gasteiger partial charge in [-0.05, 0) is 13.8 Å². The lowest BCUT2D eigenvalue weighted by molar-refractivity contribution is -0.154. The van der Waals surface area contributed by atoms with Crippen LogP contribution in [0.5, 0.6) is 0 Å². The van der Waals surface area contributed by atoms with E-state index in [1.807, 2.05) is 0 Å². The molecule has 1 N–H and O–H groups in total. The first kappa shape index (κ1) is 15.3. The minimum atomic E-state index is -0.769. The number of carbonyl (C=O) groups is 2. The second-order valence-corrected chi connectivity index (χ2v) is 3.12. The summed E-state index contributed by atoms with van der Waals surface area (Å²) in [4.78, 5) is 22.0. The van der Waals surface area contributed by atoms with Crippen molar-refractivity contribution in [3.8, 4) is 12.3 Å². The third-order valence-corrected chi connectivity index (χ3v) is 1.67. The quantitative estimate of drug-likeness (QED) is 0.421. The predicted molar refractivity (Wildman–Crippen MR) is 60.0 cm³/mol. The molecule has 0 aromatic carbocycles. The normalized spacial score (nSPS) is 13.1. The molecular formula is C11H17NO5. The molecule has 0 aliphatic carbocycles. The van der Waals surface area contributed by atoms with Gasteiger partial charge in [-0.3, -0.25) is 10.1 Å². The summed E-state index contributed by atoms with van der Waals surface area (Å²) in [5, 5.41) is 2.40. The summed E-state index contributed by atoms with van der Waals surface area (Å²) >= 11 is 0. The highest BCUT2D eigenvalue weighted by Crippen LogP contribution is 2.02. The van der Waals surface area contributed by atoms with Crippen LogP contribution >= 0.6 is 0 Å². The molecule has 1 amide bonds. The summed E-state index contributed by atoms with van der Waals surface area (Å²) < 4.78 is 14.7. The van der Waals surface area contributed by atoms with Gasteiger partial charge in [-0.25, -0.2) is 4.79 Å². The van der Waals surface area contributed by atoms with Crippen molar-refractivity contribution >= 4 is 12.1 Å². The Kier molecular flexibility index (Phi) is 7.55. The average molecular weight is 243 g/mol. The molecule has 0 radical (unpaired) electrons. The highest BCUT2D eigenvalue weighted by Gasteiger charge is 2.22. The van der Waals surface area contributed by atoms with Crippen molar-refractivity contribution in [2.24, 2.45) is 0 Å². The largest absolute Gasteiger partial charge is 0.458 e. The van der Waals surface area contributed by atoms with E-state index in [1.54, 1.807) is 13.8 Å². The highest BCUT2D eigenvalue weighted by molar-refractivity contribution is 5.68. The van der Waals surface area contributed by atoms with Crippen LogP contribution in [0.2, 0.25) is 0 Å². The first-order chi connectivity index (χ1) is 8.01. The minimum absolute atomic E-state index is 0.132. The van der Waals surface area contributed by atoms with Gasteiger partial charge in [0.05, 0.1) is 0 Å². The maximum Gasteiger partial charge on any atom is 0.410 e. The molecule has 2 unspecified atom stereocenters. The SMILES string of the molecule is C#CCOC(=O)NC(OCC)C(C)OC(C)=O. The van der Waals surface area contributed by atoms with E-state index in [9.17, 15) is 9.59 Å². The van der Waals surface area contributed by atoms with Crippen LogP contribution in [0.4, 0.5) is 4.79 Å². The molecule has 96 valence electrons. The van der Waals surface area contributed by atoms with E-state index in [-0.39, 0.29) is 6.61 Å². The Labute approximate surface area is 101 Å². The van der Waals surface area contributed by atoms with Gasteiger partial charge in [0.2, 0.25) is 0 Å². The van der Waals surface area contributed by atoms with Crippen LogP contribution in [-0.2, 0) is 19.0 Å². The third-order valence-electron chi connectivity index (χ3n) is 1.67. The van der Waals surface area contributed by atoms with E-state index >= 15 is 0 Å². The van der Waals surface area contributed by atoms with Gasteiger partial charge in [0.1, 0.15) is 6.10 Å². The van der Waals surface area contributed by atoms with Crippen LogP contribution in [0.3, 0.4) is 0 Å². The summed E-state index contributed by atoms with van der Waals surface area (Å²) in [5.74, 6) is 1.70. The Morgan fingerprint density at radius 3 is 2.59 bits per heavy atom. The lowest BCUT2D eigenvalue weighted by Crippen LogP contribution is -2.46. The van der Waals surface area contributed by atoms with Gasteiger partial charge in [0, 0.05) is 13.5 Å². The molecule has 0 saturated carbocycles. The second-order valence-electron chi connectivity index (χ2n) is 3.12. The minimum Gasteiger partial charge on any atom is -0.458 e. The average Bonchev–Trinajstić information content (AvgIpc) is 2.24. The van der Waals surface area contributed by atoms with Crippen molar-refractivity contribution in [3.05, 3.63) is 0 Å². The number of alkyl carbamates (subject to hydrolysis) is 1. The predicted octanol–water partition coefficient (Wildman–Crippen LogP) is 0.660. The van der Waals surface area contributed by atoms with Gasteiger partial charge in [-0.15, -0.1) is 6.42 Å². The molecule has 0 bridgehead atoms. The summed E-state index contributed by atoms with van der Waals surface area (Å²) in [6.07, 6.45) is 2.83. The molecule has 0 heterocycles. The molecule has 0 aliphatic rings. The summed E-state index contributed by atoms with van der Waals surface area (Å²) in [5.41, 5.74) is 0. The van der Waals surface area contributed by atoms with Crippen molar-refractivity contribution in [1.82, 2.24) is 5.32 Å². The van der Waals surface area contributed by atoms with Crippen LogP contribution in [0.1, 0.15) is 20.8 Å². The smallest absolute Gasteiger partial charge is 0.410 e. The number of hydrogen-bond acceptors (Lipinski definition) is 5. The Balaban J connectivity index is 4.26. The Bertz CT molecular complexity index is 297. The number of amides is 1. The lowest BCUT2D eigenvalue weighted by Gasteiger charge is -2.23. The number of esters is 1. The van der Waals surface area contributed by atoms with Crippen LogP contribution in [0, 0.1) is 12.3 Å². The van der Waals surface area contributed by atoms with Gasteiger partial charge >= 0.3 is 12.1 Å². The second kappa shape index (κ2) is 8.42. The molecule has 0 fully saturated rings. The Morgan fingerprint density at radius 1 is 1.47 bits per heavy atom. The zero-order chi connectivity index (χ0) is 13.3. The van der Waals surface area contributed by atoms with Crippen LogP contribution in [0.15, 0.2) is 0 Å². The first-order valence-corrected chi connectivity index (χ1v) is 5.16. The number of hydrogen-bond donors (Lipinski definition) is 1. The molecule has 0 rings (SSSR count). The number of carbonyl (C=O) groups excluding carboxylic acids is 2. The van der Waals surface area contributed by atoms with E-state index < -0.39 is 24.4 Å². The number of ether oxygens (including phenoxy) is 3. The van der Waals surface area contributed by atoms with Crippen molar-refractivity contribution in [2.75, 3.05) is 13.2 Å². The van der Waals surface area contributed by atoms with Gasteiger partial charge in [-0.1, -0.05) is 5.92 Å². The monoisotopic (exact) mass is 243 g/mol. The van der Waals surface area contributed by atoms with Crippen LogP contribution in [0.25, 0.3) is 0 Å². The molecule has 6 heteroatoms. The Hall–Kier alpha value is -1.74. The van der Waals surface area contributed by atoms with Crippen LogP contribution < -0.4 is 5.32 Å². The molecule has 17 heavy (non-hydrogen) atoms. The van der Waals surface area contributed by atoms with E-state index in [4.69, 9.17) is 15.9 Å². The third kappa shape index (κ3) is 7.19. The number of nitrogens with one attached hydrogen (secondary N) is 1. The Morgan fingerprint density at radius 2 is 2.12 bits per heavy atom. The van der Waals surface area contributed by atoms with E-state index in [1.165, 1.54) is 6.92 Å². The highest BCUT2D eigenvalue weighted by atomic mass is 16.6. The summed E-state index contributed by atoms with van der Waals surface area (Å²) in [7, 11) is 0. The summed E-state index contributed by atoms with van der Waals surface area (Å²) in [6.45, 7) is 4.85. The fraction of sp³-hybridized carbons (Fsp3) is 0.636. The maximum absolute atomic E-state index is 11.2. The van der Waals surface area contributed by atoms with Gasteiger partial charge < -0.3 is 14.2 Å². The first-order valence-electron chi connectivity index (χ1n) is 5.16. The molecule has 0 aromatic rings. The standard InChI is InChI=1S/C11H17NO5/c1-5-7-16-11(14)12-10(15-6-2)8(3)17-9(4)13/h1,8,10H,6-7H2,2-4H3,(H,12,14). The number of terminal acetylenes is 1.